The van der Waals surface area contributed by atoms with Crippen LogP contribution in [0.3, 0.4) is 0 Å². The first-order valence-electron chi connectivity index (χ1n) is 9.24. The number of rotatable bonds is 6. The second-order valence-electron chi connectivity index (χ2n) is 7.15. The number of imidazole rings is 1. The highest BCUT2D eigenvalue weighted by Crippen LogP contribution is 2.41. The molecule has 1 aromatic carbocycles. The van der Waals surface area contributed by atoms with Crippen molar-refractivity contribution in [1.29, 1.82) is 0 Å². The number of likely N-dealkylation sites (tertiary alicyclic amines) is 1. The first kappa shape index (κ1) is 18.4. The molecule has 0 spiro atoms. The van der Waals surface area contributed by atoms with Crippen molar-refractivity contribution < 1.29 is 5.11 Å². The van der Waals surface area contributed by atoms with Crippen LogP contribution >= 0.6 is 11.6 Å². The first-order valence-corrected chi connectivity index (χ1v) is 9.62. The minimum Gasteiger partial charge on any atom is -0.377 e. The minimum atomic E-state index is -1.08. The van der Waals surface area contributed by atoms with E-state index in [2.05, 4.69) is 28.4 Å². The molecule has 136 valence electrons. The van der Waals surface area contributed by atoms with Crippen LogP contribution < -0.4 is 0 Å². The molecule has 1 atom stereocenters. The number of nitrogens with zero attached hydrogens (tertiary/aromatic N) is 3. The normalized spacial score (nSPS) is 19.0. The van der Waals surface area contributed by atoms with Gasteiger partial charge in [-0.1, -0.05) is 37.1 Å². The topological polar surface area (TPSA) is 41.3 Å². The molecule has 4 nitrogen and oxygen atoms in total. The van der Waals surface area contributed by atoms with Crippen molar-refractivity contribution in [3.63, 3.8) is 0 Å². The van der Waals surface area contributed by atoms with Gasteiger partial charge in [0.2, 0.25) is 0 Å². The maximum Gasteiger partial charge on any atom is 0.150 e. The third-order valence-corrected chi connectivity index (χ3v) is 5.65. The summed E-state index contributed by atoms with van der Waals surface area (Å²) in [5, 5.41) is 12.7. The van der Waals surface area contributed by atoms with E-state index in [-0.39, 0.29) is 5.92 Å². The number of aryl methyl sites for hydroxylation is 1. The number of hydrogen-bond donors (Lipinski definition) is 1. The molecule has 1 unspecified atom stereocenters. The van der Waals surface area contributed by atoms with Gasteiger partial charge in [-0.25, -0.2) is 4.98 Å². The molecule has 5 heteroatoms. The Kier molecular flexibility index (Phi) is 5.82. The van der Waals surface area contributed by atoms with E-state index in [4.69, 9.17) is 11.6 Å². The smallest absolute Gasteiger partial charge is 0.150 e. The monoisotopic (exact) mass is 361 g/mol. The Balaban J connectivity index is 2.03. The molecule has 1 aliphatic rings. The zero-order chi connectivity index (χ0) is 17.9. The van der Waals surface area contributed by atoms with Gasteiger partial charge < -0.3 is 14.6 Å². The van der Waals surface area contributed by atoms with E-state index in [9.17, 15) is 5.11 Å². The first-order chi connectivity index (χ1) is 12.1. The van der Waals surface area contributed by atoms with E-state index in [1.807, 2.05) is 30.5 Å². The Morgan fingerprint density at radius 3 is 2.56 bits per heavy atom. The van der Waals surface area contributed by atoms with E-state index in [1.165, 1.54) is 0 Å². The number of hydrogen-bond acceptors (Lipinski definition) is 3. The fourth-order valence-corrected chi connectivity index (χ4v) is 3.96. The van der Waals surface area contributed by atoms with Crippen LogP contribution in [0, 0.1) is 5.92 Å². The Morgan fingerprint density at radius 2 is 1.92 bits per heavy atom. The zero-order valence-corrected chi connectivity index (χ0v) is 15.9. The summed E-state index contributed by atoms with van der Waals surface area (Å²) in [6.45, 7) is 5.06. The van der Waals surface area contributed by atoms with Crippen LogP contribution in [0.15, 0.2) is 36.7 Å². The second kappa shape index (κ2) is 7.90. The summed E-state index contributed by atoms with van der Waals surface area (Å²) in [6.07, 6.45) is 7.90. The lowest BCUT2D eigenvalue weighted by Crippen LogP contribution is -2.44. The minimum absolute atomic E-state index is 0.146. The summed E-state index contributed by atoms with van der Waals surface area (Å²) in [5.74, 6) is 0.908. The van der Waals surface area contributed by atoms with Gasteiger partial charge in [0.25, 0.3) is 0 Å². The van der Waals surface area contributed by atoms with Crippen molar-refractivity contribution in [2.45, 2.75) is 44.8 Å². The number of benzene rings is 1. The van der Waals surface area contributed by atoms with Crippen LogP contribution in [0.2, 0.25) is 5.02 Å². The van der Waals surface area contributed by atoms with Crippen LogP contribution in [0.5, 0.6) is 0 Å². The van der Waals surface area contributed by atoms with Crippen molar-refractivity contribution >= 4 is 11.6 Å². The lowest BCUT2D eigenvalue weighted by atomic mass is 9.75. The summed E-state index contributed by atoms with van der Waals surface area (Å²) < 4.78 is 2.12. The summed E-state index contributed by atoms with van der Waals surface area (Å²) in [5.41, 5.74) is -0.196. The van der Waals surface area contributed by atoms with E-state index < -0.39 is 5.60 Å². The number of piperidine rings is 1. The molecule has 1 fully saturated rings. The largest absolute Gasteiger partial charge is 0.377 e. The number of aromatic nitrogens is 2. The number of aliphatic hydroxyl groups is 1. The van der Waals surface area contributed by atoms with Gasteiger partial charge in [0.1, 0.15) is 11.4 Å². The number of unbranched alkanes of at least 4 members (excludes halogenated alkanes) is 1. The molecule has 0 aliphatic carbocycles. The van der Waals surface area contributed by atoms with Crippen LogP contribution in [0.1, 0.15) is 44.0 Å². The van der Waals surface area contributed by atoms with Crippen molar-refractivity contribution in [3.8, 4) is 0 Å². The third-order valence-electron chi connectivity index (χ3n) is 5.40. The molecular weight excluding hydrogens is 334 g/mol. The number of halogens is 1. The van der Waals surface area contributed by atoms with Gasteiger partial charge in [0.15, 0.2) is 0 Å². The molecule has 1 saturated heterocycles. The van der Waals surface area contributed by atoms with Crippen LogP contribution in [-0.4, -0.2) is 39.7 Å². The lowest BCUT2D eigenvalue weighted by molar-refractivity contribution is -0.0206. The molecule has 1 aromatic heterocycles. The van der Waals surface area contributed by atoms with E-state index in [1.54, 1.807) is 6.20 Å². The molecule has 0 amide bonds. The highest BCUT2D eigenvalue weighted by molar-refractivity contribution is 6.30. The summed E-state index contributed by atoms with van der Waals surface area (Å²) in [7, 11) is 2.14. The Morgan fingerprint density at radius 1 is 1.24 bits per heavy atom. The summed E-state index contributed by atoms with van der Waals surface area (Å²) in [6, 6.07) is 7.60. The van der Waals surface area contributed by atoms with E-state index in [0.29, 0.717) is 5.02 Å². The third kappa shape index (κ3) is 3.76. The van der Waals surface area contributed by atoms with Crippen molar-refractivity contribution in [1.82, 2.24) is 14.5 Å². The van der Waals surface area contributed by atoms with Gasteiger partial charge in [-0.3, -0.25) is 0 Å². The molecular formula is C20H28ClN3O. The van der Waals surface area contributed by atoms with Crippen LogP contribution in [0.4, 0.5) is 0 Å². The Bertz CT molecular complexity index is 677. The van der Waals surface area contributed by atoms with Gasteiger partial charge >= 0.3 is 0 Å². The Labute approximate surface area is 155 Å². The van der Waals surface area contributed by atoms with Crippen LogP contribution in [0.25, 0.3) is 0 Å². The van der Waals surface area contributed by atoms with Gasteiger partial charge in [-0.15, -0.1) is 0 Å². The maximum atomic E-state index is 12.0. The van der Waals surface area contributed by atoms with Crippen molar-refractivity contribution in [2.75, 3.05) is 20.1 Å². The quantitative estimate of drug-likeness (QED) is 0.848. The molecule has 1 aliphatic heterocycles. The molecule has 3 rings (SSSR count). The Hall–Kier alpha value is -1.36. The standard InChI is InChI=1S/C20H28ClN3O/c1-3-4-12-24-15-11-22-19(24)20(25,16-5-7-18(21)8-6-16)17-9-13-23(2)14-10-17/h5-8,11,15,17,25H,3-4,9-10,12-14H2,1-2H3. The van der Waals surface area contributed by atoms with E-state index in [0.717, 1.165) is 56.7 Å². The summed E-state index contributed by atoms with van der Waals surface area (Å²) in [4.78, 5) is 6.92. The highest BCUT2D eigenvalue weighted by atomic mass is 35.5. The molecule has 1 N–H and O–H groups in total. The maximum absolute atomic E-state index is 12.0. The predicted molar refractivity (Wildman–Crippen MR) is 102 cm³/mol. The summed E-state index contributed by atoms with van der Waals surface area (Å²) >= 11 is 6.08. The molecule has 0 radical (unpaired) electrons. The van der Waals surface area contributed by atoms with Gasteiger partial charge in [-0.05, 0) is 57.1 Å². The molecule has 0 bridgehead atoms. The molecule has 25 heavy (non-hydrogen) atoms. The fourth-order valence-electron chi connectivity index (χ4n) is 3.83. The van der Waals surface area contributed by atoms with Gasteiger partial charge in [0, 0.05) is 29.9 Å². The predicted octanol–water partition coefficient (Wildman–Crippen LogP) is 3.91. The highest BCUT2D eigenvalue weighted by Gasteiger charge is 2.44. The molecule has 0 saturated carbocycles. The second-order valence-corrected chi connectivity index (χ2v) is 7.59. The average Bonchev–Trinajstić information content (AvgIpc) is 3.09. The molecule has 2 aromatic rings. The van der Waals surface area contributed by atoms with Gasteiger partial charge in [-0.2, -0.15) is 0 Å². The van der Waals surface area contributed by atoms with Crippen LogP contribution in [-0.2, 0) is 12.1 Å². The average molecular weight is 362 g/mol. The molecule has 2 heterocycles. The fraction of sp³-hybridized carbons (Fsp3) is 0.550. The van der Waals surface area contributed by atoms with Crippen molar-refractivity contribution in [3.05, 3.63) is 53.1 Å². The van der Waals surface area contributed by atoms with Gasteiger partial charge in [0.05, 0.1) is 0 Å². The van der Waals surface area contributed by atoms with E-state index >= 15 is 0 Å². The lowest BCUT2D eigenvalue weighted by Gasteiger charge is -2.40. The SMILES string of the molecule is CCCCn1ccnc1C(O)(c1ccc(Cl)cc1)C1CCN(C)CC1. The van der Waals surface area contributed by atoms with Crippen molar-refractivity contribution in [2.24, 2.45) is 5.92 Å². The zero-order valence-electron chi connectivity index (χ0n) is 15.2.